The summed E-state index contributed by atoms with van der Waals surface area (Å²) in [7, 11) is -2.45. The summed E-state index contributed by atoms with van der Waals surface area (Å²) < 4.78 is 15.6. The molecule has 1 aliphatic carbocycles. The molecule has 0 bridgehead atoms. The smallest absolute Gasteiger partial charge is 0.0310 e. The van der Waals surface area contributed by atoms with E-state index >= 15 is 0 Å². The quantitative estimate of drug-likeness (QED) is 0.378. The molecule has 2 heterocycles. The van der Waals surface area contributed by atoms with Crippen LogP contribution in [0.25, 0.3) is 0 Å². The molecular weight excluding hydrogens is 373 g/mol. The van der Waals surface area contributed by atoms with E-state index in [0.29, 0.717) is 11.5 Å². The maximum atomic E-state index is 13.3. The van der Waals surface area contributed by atoms with E-state index < -0.39 is 7.29 Å². The van der Waals surface area contributed by atoms with Crippen LogP contribution in [0.15, 0.2) is 11.1 Å². The van der Waals surface area contributed by atoms with Gasteiger partial charge in [-0.1, -0.05) is 6.42 Å². The molecule has 110 valence electrons. The van der Waals surface area contributed by atoms with E-state index in [1.807, 2.05) is 6.20 Å². The number of nitrogens with two attached hydrogens (primary N) is 1. The van der Waals surface area contributed by atoms with Crippen LogP contribution in [-0.4, -0.2) is 33.7 Å². The van der Waals surface area contributed by atoms with Crippen LogP contribution >= 0.6 is 21.2 Å². The molecule has 0 aromatic heterocycles. The molecule has 1 spiro atoms. The zero-order valence-corrected chi connectivity index (χ0v) is 14.5. The number of halogens is 1. The second kappa shape index (κ2) is 4.96. The van der Waals surface area contributed by atoms with Gasteiger partial charge in [-0.25, -0.2) is 4.31 Å². The molecule has 2 atom stereocenters. The van der Waals surface area contributed by atoms with Gasteiger partial charge in [0.25, 0.3) is 0 Å². The fourth-order valence-electron chi connectivity index (χ4n) is 3.76. The summed E-state index contributed by atoms with van der Waals surface area (Å²) in [6.45, 7) is 4.04. The second-order valence-corrected chi connectivity index (χ2v) is 12.5. The molecule has 3 aliphatic rings. The van der Waals surface area contributed by atoms with Crippen molar-refractivity contribution >= 4 is 28.5 Å². The third kappa shape index (κ3) is 2.49. The first kappa shape index (κ1) is 14.3. The van der Waals surface area contributed by atoms with Crippen LogP contribution < -0.4 is 11.1 Å². The zero-order chi connectivity index (χ0) is 13.7. The van der Waals surface area contributed by atoms with Crippen molar-refractivity contribution in [1.82, 2.24) is 9.62 Å². The third-order valence-electron chi connectivity index (χ3n) is 4.95. The highest BCUT2D eigenvalue weighted by atomic mass is 127. The van der Waals surface area contributed by atoms with Crippen molar-refractivity contribution in [3.8, 4) is 0 Å². The minimum Gasteiger partial charge on any atom is -0.389 e. The Morgan fingerprint density at radius 2 is 2.32 bits per heavy atom. The largest absolute Gasteiger partial charge is 0.389 e. The van der Waals surface area contributed by atoms with Crippen molar-refractivity contribution in [2.45, 2.75) is 51.1 Å². The average Bonchev–Trinajstić information content (AvgIpc) is 2.68. The first-order valence-corrected chi connectivity index (χ1v) is 11.6. The molecule has 1 saturated heterocycles. The Morgan fingerprint density at radius 3 is 2.84 bits per heavy atom. The molecule has 0 aromatic carbocycles. The van der Waals surface area contributed by atoms with Crippen LogP contribution in [0.4, 0.5) is 0 Å². The van der Waals surface area contributed by atoms with Gasteiger partial charge in [-0.05, 0) is 38.0 Å². The molecule has 0 aromatic rings. The number of nitrogens with one attached hydrogen (secondary N) is 1. The standard InChI is InChI=1S/C13H24IN3OS/c1-10-6-13(3-2-4-13)9-17(10)19(14,18)12-5-11(15)7-16-8-12/h8,10-11,16,19H,2-7,9,15H2,1H3. The molecule has 19 heavy (non-hydrogen) atoms. The van der Waals surface area contributed by atoms with E-state index in [9.17, 15) is 4.21 Å². The van der Waals surface area contributed by atoms with Gasteiger partial charge in [0.1, 0.15) is 0 Å². The number of hydrogen-bond acceptors (Lipinski definition) is 3. The van der Waals surface area contributed by atoms with Crippen molar-refractivity contribution < 1.29 is 4.21 Å². The monoisotopic (exact) mass is 397 g/mol. The fourth-order valence-corrected chi connectivity index (χ4v) is 8.62. The molecule has 1 saturated carbocycles. The molecule has 3 N–H and O–H groups in total. The van der Waals surface area contributed by atoms with Gasteiger partial charge in [0.05, 0.1) is 0 Å². The summed E-state index contributed by atoms with van der Waals surface area (Å²) in [5.74, 6) is 0. The van der Waals surface area contributed by atoms with Gasteiger partial charge in [-0.3, -0.25) is 4.21 Å². The summed E-state index contributed by atoms with van der Waals surface area (Å²) >= 11 is 2.20. The second-order valence-electron chi connectivity index (χ2n) is 6.51. The lowest BCUT2D eigenvalue weighted by atomic mass is 9.68. The average molecular weight is 397 g/mol. The zero-order valence-electron chi connectivity index (χ0n) is 11.4. The lowest BCUT2D eigenvalue weighted by Crippen LogP contribution is -2.43. The van der Waals surface area contributed by atoms with Crippen LogP contribution in [0.2, 0.25) is 0 Å². The van der Waals surface area contributed by atoms with Crippen LogP contribution in [0.1, 0.15) is 39.0 Å². The Balaban J connectivity index is 1.80. The molecular formula is C13H24IN3OS. The number of hydrogen-bond donors (Lipinski definition) is 3. The Bertz CT molecular complexity index is 449. The van der Waals surface area contributed by atoms with Crippen molar-refractivity contribution in [2.75, 3.05) is 13.1 Å². The third-order valence-corrected chi connectivity index (χ3v) is 10.7. The van der Waals surface area contributed by atoms with Crippen molar-refractivity contribution in [3.63, 3.8) is 0 Å². The van der Waals surface area contributed by atoms with E-state index in [-0.39, 0.29) is 6.04 Å². The first-order valence-electron chi connectivity index (χ1n) is 7.18. The normalized spacial score (nSPS) is 35.6. The van der Waals surface area contributed by atoms with Gasteiger partial charge in [0.15, 0.2) is 0 Å². The van der Waals surface area contributed by atoms with Crippen molar-refractivity contribution in [1.29, 1.82) is 0 Å². The maximum Gasteiger partial charge on any atom is 0.0310 e. The Hall–Kier alpha value is 0.340. The summed E-state index contributed by atoms with van der Waals surface area (Å²) in [5.41, 5.74) is 6.48. The fraction of sp³-hybridized carbons (Fsp3) is 0.846. The SMILES string of the molecule is CC1CC2(CCC2)CN1[SH](=O)(I)C1=CNCC(N)C1. The topological polar surface area (TPSA) is 58.4 Å². The summed E-state index contributed by atoms with van der Waals surface area (Å²) in [5, 5.41) is 3.19. The van der Waals surface area contributed by atoms with Gasteiger partial charge in [0, 0.05) is 64.8 Å². The molecule has 4 nitrogen and oxygen atoms in total. The Labute approximate surface area is 128 Å². The molecule has 0 radical (unpaired) electrons. The lowest BCUT2D eigenvalue weighted by Gasteiger charge is -2.40. The Morgan fingerprint density at radius 1 is 1.58 bits per heavy atom. The number of nitrogens with zero attached hydrogens (tertiary/aromatic N) is 1. The molecule has 2 unspecified atom stereocenters. The predicted molar refractivity (Wildman–Crippen MR) is 89.3 cm³/mol. The van der Waals surface area contributed by atoms with Crippen LogP contribution in [0.3, 0.4) is 0 Å². The van der Waals surface area contributed by atoms with Gasteiger partial charge in [-0.2, -0.15) is 0 Å². The van der Waals surface area contributed by atoms with E-state index in [0.717, 1.165) is 24.4 Å². The molecule has 3 rings (SSSR count). The summed E-state index contributed by atoms with van der Waals surface area (Å²) in [6.07, 6.45) is 7.93. The van der Waals surface area contributed by atoms with E-state index in [2.05, 4.69) is 37.8 Å². The van der Waals surface area contributed by atoms with E-state index in [4.69, 9.17) is 5.73 Å². The first-order chi connectivity index (χ1) is 8.93. The lowest BCUT2D eigenvalue weighted by molar-refractivity contribution is 0.153. The van der Waals surface area contributed by atoms with Crippen LogP contribution in [-0.2, 0) is 7.29 Å². The minimum atomic E-state index is -2.45. The summed E-state index contributed by atoms with van der Waals surface area (Å²) in [6, 6.07) is 0.528. The predicted octanol–water partition coefficient (Wildman–Crippen LogP) is 1.69. The number of thiol groups is 1. The highest BCUT2D eigenvalue weighted by molar-refractivity contribution is 14.2. The van der Waals surface area contributed by atoms with Gasteiger partial charge >= 0.3 is 0 Å². The van der Waals surface area contributed by atoms with Crippen molar-refractivity contribution in [2.24, 2.45) is 11.1 Å². The van der Waals surface area contributed by atoms with Gasteiger partial charge in [-0.15, -0.1) is 0 Å². The van der Waals surface area contributed by atoms with E-state index in [1.165, 1.54) is 25.7 Å². The van der Waals surface area contributed by atoms with Crippen LogP contribution in [0.5, 0.6) is 0 Å². The highest BCUT2D eigenvalue weighted by Gasteiger charge is 2.49. The maximum absolute atomic E-state index is 13.3. The minimum absolute atomic E-state index is 0.0960. The van der Waals surface area contributed by atoms with Gasteiger partial charge < -0.3 is 11.1 Å². The summed E-state index contributed by atoms with van der Waals surface area (Å²) in [4.78, 5) is 1.02. The van der Waals surface area contributed by atoms with Gasteiger partial charge in [0.2, 0.25) is 0 Å². The van der Waals surface area contributed by atoms with E-state index in [1.54, 1.807) is 0 Å². The molecule has 6 heteroatoms. The molecule has 0 amide bonds. The van der Waals surface area contributed by atoms with Crippen LogP contribution in [0, 0.1) is 5.41 Å². The molecule has 2 fully saturated rings. The number of rotatable bonds is 2. The molecule has 2 aliphatic heterocycles. The Kier molecular flexibility index (Phi) is 3.73. The van der Waals surface area contributed by atoms with Crippen molar-refractivity contribution in [3.05, 3.63) is 11.1 Å². The highest BCUT2D eigenvalue weighted by Crippen LogP contribution is 2.53.